The zero-order chi connectivity index (χ0) is 28.7. The molecular formula is C30H36ClN3O4S. The first-order valence-corrected chi connectivity index (χ1v) is 14.7. The summed E-state index contributed by atoms with van der Waals surface area (Å²) in [5.74, 6) is -0.848. The number of nitrogens with one attached hydrogen (secondary N) is 1. The van der Waals surface area contributed by atoms with Crippen molar-refractivity contribution in [1.82, 2.24) is 10.2 Å². The first-order valence-electron chi connectivity index (χ1n) is 12.9. The summed E-state index contributed by atoms with van der Waals surface area (Å²) in [5.41, 5.74) is 3.83. The van der Waals surface area contributed by atoms with Crippen LogP contribution in [0.5, 0.6) is 0 Å². The van der Waals surface area contributed by atoms with Gasteiger partial charge in [0.2, 0.25) is 11.8 Å². The smallest absolute Gasteiger partial charge is 0.264 e. The monoisotopic (exact) mass is 569 g/mol. The first-order chi connectivity index (χ1) is 18.4. The van der Waals surface area contributed by atoms with E-state index in [4.69, 9.17) is 11.6 Å². The number of carbonyl (C=O) groups excluding carboxylic acids is 2. The fourth-order valence-electron chi connectivity index (χ4n) is 4.04. The maximum absolute atomic E-state index is 13.9. The maximum atomic E-state index is 13.9. The highest BCUT2D eigenvalue weighted by atomic mass is 35.5. The van der Waals surface area contributed by atoms with Crippen LogP contribution in [0.4, 0.5) is 5.69 Å². The highest BCUT2D eigenvalue weighted by molar-refractivity contribution is 7.92. The van der Waals surface area contributed by atoms with E-state index < -0.39 is 28.5 Å². The number of nitrogens with zero attached hydrogens (tertiary/aromatic N) is 2. The number of sulfonamides is 1. The van der Waals surface area contributed by atoms with E-state index in [1.54, 1.807) is 55.5 Å². The van der Waals surface area contributed by atoms with Gasteiger partial charge in [-0.1, -0.05) is 60.5 Å². The predicted octanol–water partition coefficient (Wildman–Crippen LogP) is 5.40. The molecule has 1 atom stereocenters. The Labute approximate surface area is 236 Å². The van der Waals surface area contributed by atoms with Crippen LogP contribution in [0.3, 0.4) is 0 Å². The number of amides is 2. The summed E-state index contributed by atoms with van der Waals surface area (Å²) in [7, 11) is -4.11. The molecule has 9 heteroatoms. The van der Waals surface area contributed by atoms with E-state index in [2.05, 4.69) is 5.32 Å². The lowest BCUT2D eigenvalue weighted by Gasteiger charge is -2.32. The Kier molecular flexibility index (Phi) is 10.2. The Morgan fingerprint density at radius 3 is 2.23 bits per heavy atom. The van der Waals surface area contributed by atoms with E-state index in [-0.39, 0.29) is 17.3 Å². The van der Waals surface area contributed by atoms with Crippen molar-refractivity contribution in [2.24, 2.45) is 0 Å². The summed E-state index contributed by atoms with van der Waals surface area (Å²) < 4.78 is 28.9. The van der Waals surface area contributed by atoms with Crippen LogP contribution in [0.15, 0.2) is 71.6 Å². The van der Waals surface area contributed by atoms with Gasteiger partial charge >= 0.3 is 0 Å². The van der Waals surface area contributed by atoms with E-state index in [0.29, 0.717) is 22.8 Å². The molecule has 0 unspecified atom stereocenters. The van der Waals surface area contributed by atoms with Crippen molar-refractivity contribution in [3.05, 3.63) is 94.0 Å². The van der Waals surface area contributed by atoms with E-state index in [0.717, 1.165) is 27.4 Å². The first kappa shape index (κ1) is 30.2. The standard InChI is InChI=1S/C30H36ClN3O4S/c1-6-17-32-30(36)24(5)33(19-25-9-7-8-10-28(25)31)29(35)20-34(26-14-13-22(3)23(4)18-26)39(37,38)27-15-11-21(2)12-16-27/h7-16,18,24H,6,17,19-20H2,1-5H3,(H,32,36)/t24-/m1/s1. The van der Waals surface area contributed by atoms with Crippen molar-refractivity contribution in [1.29, 1.82) is 0 Å². The fourth-order valence-corrected chi connectivity index (χ4v) is 5.64. The van der Waals surface area contributed by atoms with Crippen molar-refractivity contribution in [3.8, 4) is 0 Å². The average Bonchev–Trinajstić information content (AvgIpc) is 2.91. The molecule has 0 bridgehead atoms. The van der Waals surface area contributed by atoms with Gasteiger partial charge in [-0.05, 0) is 81.1 Å². The van der Waals surface area contributed by atoms with Crippen molar-refractivity contribution < 1.29 is 18.0 Å². The predicted molar refractivity (Wildman–Crippen MR) is 156 cm³/mol. The van der Waals surface area contributed by atoms with E-state index in [1.165, 1.54) is 17.0 Å². The van der Waals surface area contributed by atoms with Gasteiger partial charge in [-0.15, -0.1) is 0 Å². The topological polar surface area (TPSA) is 86.8 Å². The molecule has 0 saturated heterocycles. The van der Waals surface area contributed by atoms with E-state index >= 15 is 0 Å². The number of hydrogen-bond acceptors (Lipinski definition) is 4. The minimum atomic E-state index is -4.11. The lowest BCUT2D eigenvalue weighted by atomic mass is 10.1. The number of carbonyl (C=O) groups is 2. The number of rotatable bonds is 11. The highest BCUT2D eigenvalue weighted by Gasteiger charge is 2.32. The third kappa shape index (κ3) is 7.40. The Bertz CT molecular complexity index is 1420. The quantitative estimate of drug-likeness (QED) is 0.335. The lowest BCUT2D eigenvalue weighted by Crippen LogP contribution is -2.51. The van der Waals surface area contributed by atoms with Crippen LogP contribution in [-0.2, 0) is 26.2 Å². The average molecular weight is 570 g/mol. The molecule has 7 nitrogen and oxygen atoms in total. The van der Waals surface area contributed by atoms with Gasteiger partial charge in [0.1, 0.15) is 12.6 Å². The molecule has 0 saturated carbocycles. The second kappa shape index (κ2) is 13.1. The molecule has 3 aromatic carbocycles. The normalized spacial score (nSPS) is 12.1. The third-order valence-corrected chi connectivity index (χ3v) is 8.84. The van der Waals surface area contributed by atoms with Gasteiger partial charge in [0.05, 0.1) is 10.6 Å². The van der Waals surface area contributed by atoms with Crippen molar-refractivity contribution in [2.45, 2.75) is 58.5 Å². The Hall–Kier alpha value is -3.36. The summed E-state index contributed by atoms with van der Waals surface area (Å²) in [6, 6.07) is 18.0. The molecule has 3 rings (SSSR count). The molecule has 0 aliphatic rings. The van der Waals surface area contributed by atoms with E-state index in [1.807, 2.05) is 33.8 Å². The molecule has 0 radical (unpaired) electrons. The summed E-state index contributed by atoms with van der Waals surface area (Å²) in [6.07, 6.45) is 0.742. The Morgan fingerprint density at radius 1 is 0.949 bits per heavy atom. The van der Waals surface area contributed by atoms with Gasteiger partial charge in [-0.2, -0.15) is 0 Å². The van der Waals surface area contributed by atoms with Gasteiger partial charge < -0.3 is 10.2 Å². The molecule has 208 valence electrons. The molecule has 39 heavy (non-hydrogen) atoms. The van der Waals surface area contributed by atoms with E-state index in [9.17, 15) is 18.0 Å². The molecule has 0 aliphatic carbocycles. The maximum Gasteiger partial charge on any atom is 0.264 e. The van der Waals surface area contributed by atoms with Crippen LogP contribution < -0.4 is 9.62 Å². The minimum Gasteiger partial charge on any atom is -0.354 e. The van der Waals surface area contributed by atoms with Crippen molar-refractivity contribution in [3.63, 3.8) is 0 Å². The van der Waals surface area contributed by atoms with Crippen LogP contribution in [0.1, 0.15) is 42.5 Å². The summed E-state index contributed by atoms with van der Waals surface area (Å²) >= 11 is 6.40. The summed E-state index contributed by atoms with van der Waals surface area (Å²) in [5, 5.41) is 3.28. The zero-order valence-corrected chi connectivity index (χ0v) is 24.6. The Balaban J connectivity index is 2.05. The molecule has 1 N–H and O–H groups in total. The third-order valence-electron chi connectivity index (χ3n) is 6.68. The lowest BCUT2D eigenvalue weighted by molar-refractivity contribution is -0.139. The van der Waals surface area contributed by atoms with Crippen molar-refractivity contribution >= 4 is 39.1 Å². The SMILES string of the molecule is CCCNC(=O)[C@@H](C)N(Cc1ccccc1Cl)C(=O)CN(c1ccc(C)c(C)c1)S(=O)(=O)c1ccc(C)cc1. The molecule has 0 aliphatic heterocycles. The van der Waals surface area contributed by atoms with Crippen LogP contribution >= 0.6 is 11.6 Å². The highest BCUT2D eigenvalue weighted by Crippen LogP contribution is 2.27. The number of anilines is 1. The number of benzene rings is 3. The molecule has 2 amide bonds. The molecule has 0 heterocycles. The minimum absolute atomic E-state index is 0.0462. The molecule has 0 aromatic heterocycles. The largest absolute Gasteiger partial charge is 0.354 e. The van der Waals surface area contributed by atoms with Gasteiger partial charge in [0, 0.05) is 18.1 Å². The molecule has 0 spiro atoms. The second-order valence-electron chi connectivity index (χ2n) is 9.67. The van der Waals surface area contributed by atoms with Gasteiger partial charge in [-0.3, -0.25) is 13.9 Å². The Morgan fingerprint density at radius 2 is 1.62 bits per heavy atom. The van der Waals surface area contributed by atoms with Gasteiger partial charge in [-0.25, -0.2) is 8.42 Å². The second-order valence-corrected chi connectivity index (χ2v) is 11.9. The molecule has 0 fully saturated rings. The summed E-state index contributed by atoms with van der Waals surface area (Å²) in [4.78, 5) is 28.3. The van der Waals surface area contributed by atoms with Gasteiger partial charge in [0.15, 0.2) is 0 Å². The van der Waals surface area contributed by atoms with Crippen molar-refractivity contribution in [2.75, 3.05) is 17.4 Å². The molecular weight excluding hydrogens is 534 g/mol. The van der Waals surface area contributed by atoms with Crippen LogP contribution in [0.25, 0.3) is 0 Å². The number of aryl methyl sites for hydroxylation is 3. The van der Waals surface area contributed by atoms with Gasteiger partial charge in [0.25, 0.3) is 10.0 Å². The fraction of sp³-hybridized carbons (Fsp3) is 0.333. The van der Waals surface area contributed by atoms with Crippen LogP contribution in [0.2, 0.25) is 5.02 Å². The van der Waals surface area contributed by atoms with Crippen LogP contribution in [0, 0.1) is 20.8 Å². The van der Waals surface area contributed by atoms with Crippen LogP contribution in [-0.4, -0.2) is 44.3 Å². The number of halogens is 1. The molecule has 3 aromatic rings. The number of hydrogen-bond donors (Lipinski definition) is 1. The summed E-state index contributed by atoms with van der Waals surface area (Å²) in [6.45, 7) is 9.29. The zero-order valence-electron chi connectivity index (χ0n) is 23.1.